The molecule has 0 aliphatic carbocycles. The number of aromatic nitrogens is 2. The minimum Gasteiger partial charge on any atom is -0.354 e. The van der Waals surface area contributed by atoms with E-state index in [-0.39, 0.29) is 21.6 Å². The molecule has 0 amide bonds. The molecule has 3 nitrogen and oxygen atoms in total. The van der Waals surface area contributed by atoms with Crippen LogP contribution in [-0.4, -0.2) is 16.0 Å². The molecule has 2 N–H and O–H groups in total. The molecule has 0 radical (unpaired) electrons. The summed E-state index contributed by atoms with van der Waals surface area (Å²) in [6.07, 6.45) is 0. The van der Waals surface area contributed by atoms with Crippen LogP contribution < -0.4 is 5.32 Å². The molecular weight excluding hydrogens is 252 g/mol. The van der Waals surface area contributed by atoms with E-state index in [2.05, 4.69) is 15.3 Å². The summed E-state index contributed by atoms with van der Waals surface area (Å²) in [4.78, 5) is 7.00. The lowest BCUT2D eigenvalue weighted by atomic mass is 10.3. The molecule has 0 aliphatic heterocycles. The normalized spacial score (nSPS) is 11.4. The van der Waals surface area contributed by atoms with E-state index in [4.69, 9.17) is 23.2 Å². The summed E-state index contributed by atoms with van der Waals surface area (Å²) in [5.74, 6) is -0.0977. The fraction of sp³-hybridized carbons (Fsp3) is 0.300. The van der Waals surface area contributed by atoms with Gasteiger partial charge in [-0.1, -0.05) is 23.2 Å². The Morgan fingerprint density at radius 1 is 1.44 bits per heavy atom. The van der Waals surface area contributed by atoms with Crippen LogP contribution in [0, 0.1) is 5.82 Å². The van der Waals surface area contributed by atoms with E-state index in [0.29, 0.717) is 11.5 Å². The molecule has 0 fully saturated rings. The third-order valence-corrected chi connectivity index (χ3v) is 2.80. The van der Waals surface area contributed by atoms with Gasteiger partial charge in [-0.05, 0) is 19.9 Å². The first kappa shape index (κ1) is 11.5. The first-order chi connectivity index (χ1) is 7.49. The first-order valence-electron chi connectivity index (χ1n) is 4.78. The summed E-state index contributed by atoms with van der Waals surface area (Å²) >= 11 is 11.5. The van der Waals surface area contributed by atoms with Crippen LogP contribution >= 0.6 is 23.2 Å². The van der Waals surface area contributed by atoms with Gasteiger partial charge in [0.1, 0.15) is 5.52 Å². The number of H-pyrrole nitrogens is 1. The highest BCUT2D eigenvalue weighted by atomic mass is 35.5. The largest absolute Gasteiger partial charge is 0.354 e. The zero-order chi connectivity index (χ0) is 11.9. The average Bonchev–Trinajstić information content (AvgIpc) is 2.56. The minimum absolute atomic E-state index is 0.100. The van der Waals surface area contributed by atoms with Crippen molar-refractivity contribution in [3.63, 3.8) is 0 Å². The summed E-state index contributed by atoms with van der Waals surface area (Å²) in [6.45, 7) is 3.92. The molecule has 0 atom stereocenters. The van der Waals surface area contributed by atoms with E-state index < -0.39 is 5.82 Å². The van der Waals surface area contributed by atoms with Crippen molar-refractivity contribution in [3.05, 3.63) is 21.9 Å². The highest BCUT2D eigenvalue weighted by Gasteiger charge is 2.14. The van der Waals surface area contributed by atoms with Crippen LogP contribution in [0.5, 0.6) is 0 Å². The lowest BCUT2D eigenvalue weighted by molar-refractivity contribution is 0.638. The quantitative estimate of drug-likeness (QED) is 0.807. The van der Waals surface area contributed by atoms with Gasteiger partial charge in [-0.15, -0.1) is 0 Å². The molecule has 0 saturated carbocycles. The van der Waals surface area contributed by atoms with Crippen molar-refractivity contribution in [2.75, 3.05) is 5.32 Å². The van der Waals surface area contributed by atoms with Gasteiger partial charge in [-0.3, -0.25) is 0 Å². The van der Waals surface area contributed by atoms with Gasteiger partial charge in [0.15, 0.2) is 5.82 Å². The molecule has 86 valence electrons. The molecule has 1 aromatic carbocycles. The molecule has 1 heterocycles. The Morgan fingerprint density at radius 2 is 2.12 bits per heavy atom. The standard InChI is InChI=1S/C10H10Cl2FN3/c1-4(2)14-10-15-6-3-5(11)7(12)8(13)9(6)16-10/h3-4H,1-2H3,(H2,14,15,16). The molecule has 16 heavy (non-hydrogen) atoms. The summed E-state index contributed by atoms with van der Waals surface area (Å²) in [5, 5.41) is 3.11. The van der Waals surface area contributed by atoms with Crippen LogP contribution in [0.15, 0.2) is 6.07 Å². The molecular formula is C10H10Cl2FN3. The minimum atomic E-state index is -0.600. The van der Waals surface area contributed by atoms with Crippen LogP contribution in [0.3, 0.4) is 0 Å². The molecule has 0 spiro atoms. The van der Waals surface area contributed by atoms with Crippen LogP contribution in [0.2, 0.25) is 10.0 Å². The Hall–Kier alpha value is -1.00. The highest BCUT2D eigenvalue weighted by Crippen LogP contribution is 2.31. The molecule has 0 bridgehead atoms. The second-order valence-corrected chi connectivity index (χ2v) is 4.55. The third kappa shape index (κ3) is 1.95. The zero-order valence-corrected chi connectivity index (χ0v) is 10.2. The topological polar surface area (TPSA) is 40.7 Å². The monoisotopic (exact) mass is 261 g/mol. The number of rotatable bonds is 2. The number of hydrogen-bond donors (Lipinski definition) is 2. The van der Waals surface area contributed by atoms with E-state index in [9.17, 15) is 4.39 Å². The van der Waals surface area contributed by atoms with Gasteiger partial charge >= 0.3 is 0 Å². The maximum Gasteiger partial charge on any atom is 0.201 e. The summed E-state index contributed by atoms with van der Waals surface area (Å²) < 4.78 is 13.7. The van der Waals surface area contributed by atoms with Crippen LogP contribution in [0.4, 0.5) is 10.3 Å². The second kappa shape index (κ2) is 4.11. The Balaban J connectivity index is 2.57. The Labute approximate surface area is 102 Å². The Bertz CT molecular complexity index is 536. The number of aromatic amines is 1. The van der Waals surface area contributed by atoms with Gasteiger partial charge in [-0.2, -0.15) is 0 Å². The number of imidazole rings is 1. The van der Waals surface area contributed by atoms with Crippen molar-refractivity contribution in [1.82, 2.24) is 9.97 Å². The van der Waals surface area contributed by atoms with Crippen LogP contribution in [-0.2, 0) is 0 Å². The first-order valence-corrected chi connectivity index (χ1v) is 5.54. The molecule has 1 aromatic heterocycles. The van der Waals surface area contributed by atoms with E-state index >= 15 is 0 Å². The van der Waals surface area contributed by atoms with E-state index in [1.165, 1.54) is 0 Å². The fourth-order valence-electron chi connectivity index (χ4n) is 1.40. The van der Waals surface area contributed by atoms with Gasteiger partial charge in [0.2, 0.25) is 5.95 Å². The molecule has 2 aromatic rings. The van der Waals surface area contributed by atoms with Crippen molar-refractivity contribution >= 4 is 40.2 Å². The summed E-state index contributed by atoms with van der Waals surface area (Å²) in [5.41, 5.74) is 0.715. The zero-order valence-electron chi connectivity index (χ0n) is 8.74. The maximum atomic E-state index is 13.7. The van der Waals surface area contributed by atoms with Crippen molar-refractivity contribution < 1.29 is 4.39 Å². The van der Waals surface area contributed by atoms with Gasteiger partial charge < -0.3 is 10.3 Å². The molecule has 0 saturated heterocycles. The summed E-state index contributed by atoms with van der Waals surface area (Å²) in [7, 11) is 0. The number of nitrogens with zero attached hydrogens (tertiary/aromatic N) is 1. The van der Waals surface area contributed by atoms with Crippen molar-refractivity contribution in [3.8, 4) is 0 Å². The van der Waals surface area contributed by atoms with Crippen molar-refractivity contribution in [1.29, 1.82) is 0 Å². The lowest BCUT2D eigenvalue weighted by Crippen LogP contribution is -2.10. The number of halogens is 3. The highest BCUT2D eigenvalue weighted by molar-refractivity contribution is 6.42. The van der Waals surface area contributed by atoms with E-state index in [1.54, 1.807) is 6.07 Å². The van der Waals surface area contributed by atoms with E-state index in [1.807, 2.05) is 13.8 Å². The predicted molar refractivity (Wildman–Crippen MR) is 64.8 cm³/mol. The number of fused-ring (bicyclic) bond motifs is 1. The van der Waals surface area contributed by atoms with Gasteiger partial charge in [0.25, 0.3) is 0 Å². The number of anilines is 1. The SMILES string of the molecule is CC(C)Nc1nc2c(F)c(Cl)c(Cl)cc2[nH]1. The molecule has 6 heteroatoms. The van der Waals surface area contributed by atoms with Crippen LogP contribution in [0.25, 0.3) is 11.0 Å². The Kier molecular flexibility index (Phi) is 2.95. The van der Waals surface area contributed by atoms with Gasteiger partial charge in [0.05, 0.1) is 15.6 Å². The molecule has 2 rings (SSSR count). The Morgan fingerprint density at radius 3 is 2.75 bits per heavy atom. The summed E-state index contributed by atoms with van der Waals surface area (Å²) in [6, 6.07) is 1.76. The molecule has 0 unspecified atom stereocenters. The van der Waals surface area contributed by atoms with Crippen molar-refractivity contribution in [2.24, 2.45) is 0 Å². The number of benzene rings is 1. The second-order valence-electron chi connectivity index (χ2n) is 3.77. The third-order valence-electron chi connectivity index (χ3n) is 2.04. The fourth-order valence-corrected chi connectivity index (χ4v) is 1.74. The lowest BCUT2D eigenvalue weighted by Gasteiger charge is -2.04. The van der Waals surface area contributed by atoms with Gasteiger partial charge in [0, 0.05) is 6.04 Å². The van der Waals surface area contributed by atoms with Crippen LogP contribution in [0.1, 0.15) is 13.8 Å². The van der Waals surface area contributed by atoms with Gasteiger partial charge in [-0.25, -0.2) is 9.37 Å². The predicted octanol–water partition coefficient (Wildman–Crippen LogP) is 3.83. The van der Waals surface area contributed by atoms with E-state index in [0.717, 1.165) is 0 Å². The maximum absolute atomic E-state index is 13.7. The number of nitrogens with one attached hydrogen (secondary N) is 2. The smallest absolute Gasteiger partial charge is 0.201 e. The number of hydrogen-bond acceptors (Lipinski definition) is 2. The average molecular weight is 262 g/mol. The molecule has 0 aliphatic rings. The van der Waals surface area contributed by atoms with Crippen molar-refractivity contribution in [2.45, 2.75) is 19.9 Å².